The minimum Gasteiger partial charge on any atom is -0.351 e. The highest BCUT2D eigenvalue weighted by Crippen LogP contribution is 2.29. The Labute approximate surface area is 140 Å². The fourth-order valence-electron chi connectivity index (χ4n) is 2.86. The summed E-state index contributed by atoms with van der Waals surface area (Å²) in [6.07, 6.45) is 2.97. The van der Waals surface area contributed by atoms with E-state index in [4.69, 9.17) is 0 Å². The summed E-state index contributed by atoms with van der Waals surface area (Å²) in [7, 11) is -0.923. The van der Waals surface area contributed by atoms with Crippen molar-refractivity contribution < 1.29 is 17.8 Å². The normalized spacial score (nSPS) is 20.3. The summed E-state index contributed by atoms with van der Waals surface area (Å²) in [6, 6.07) is 2.06. The van der Waals surface area contributed by atoms with E-state index in [-0.39, 0.29) is 27.6 Å². The molecule has 0 saturated carbocycles. The Hall–Kier alpha value is -2.09. The maximum Gasteiger partial charge on any atom is 0.255 e. The number of nitrogens with one attached hydrogen (secondary N) is 2. The van der Waals surface area contributed by atoms with Crippen molar-refractivity contribution in [2.24, 2.45) is 0 Å². The molecule has 2 aromatic rings. The quantitative estimate of drug-likeness (QED) is 0.886. The molecule has 0 radical (unpaired) electrons. The maximum atomic E-state index is 14.1. The van der Waals surface area contributed by atoms with E-state index in [1.807, 2.05) is 0 Å². The summed E-state index contributed by atoms with van der Waals surface area (Å²) >= 11 is 0. The molecule has 2 atom stereocenters. The largest absolute Gasteiger partial charge is 0.351 e. The standard InChI is InChI=1S/C16H17F2N3O2S/c1-9-12(17)4-5-13(18)14(9)15-11(8-20-21-15)16(22)19-7-10-3-2-6-24(10)23/h4-5,8,10H,2-3,6-7H2,1H3,(H,19,22)(H,20,21). The second kappa shape index (κ2) is 6.80. The molecule has 1 aliphatic heterocycles. The van der Waals surface area contributed by atoms with Gasteiger partial charge < -0.3 is 5.32 Å². The van der Waals surface area contributed by atoms with Gasteiger partial charge in [0.15, 0.2) is 0 Å². The number of carbonyl (C=O) groups is 1. The lowest BCUT2D eigenvalue weighted by molar-refractivity contribution is 0.0954. The maximum absolute atomic E-state index is 14.1. The van der Waals surface area contributed by atoms with E-state index in [0.29, 0.717) is 12.3 Å². The third kappa shape index (κ3) is 3.10. The Morgan fingerprint density at radius 2 is 2.17 bits per heavy atom. The Morgan fingerprint density at radius 1 is 1.42 bits per heavy atom. The van der Waals surface area contributed by atoms with Gasteiger partial charge in [-0.1, -0.05) is 0 Å². The first-order valence-corrected chi connectivity index (χ1v) is 9.01. The molecule has 1 aromatic heterocycles. The number of halogens is 2. The number of aromatic nitrogens is 2. The van der Waals surface area contributed by atoms with Crippen LogP contribution in [0.5, 0.6) is 0 Å². The van der Waals surface area contributed by atoms with Crippen molar-refractivity contribution in [2.45, 2.75) is 25.0 Å². The number of amides is 1. The topological polar surface area (TPSA) is 74.8 Å². The molecule has 0 bridgehead atoms. The van der Waals surface area contributed by atoms with Gasteiger partial charge in [0.1, 0.15) is 11.6 Å². The summed E-state index contributed by atoms with van der Waals surface area (Å²) in [5.74, 6) is -0.992. The van der Waals surface area contributed by atoms with E-state index < -0.39 is 28.3 Å². The first kappa shape index (κ1) is 16.8. The molecule has 24 heavy (non-hydrogen) atoms. The minimum atomic E-state index is -0.923. The first-order chi connectivity index (χ1) is 11.5. The fraction of sp³-hybridized carbons (Fsp3) is 0.375. The Bertz CT molecular complexity index is 807. The summed E-state index contributed by atoms with van der Waals surface area (Å²) < 4.78 is 39.6. The molecule has 1 fully saturated rings. The number of nitrogens with zero attached hydrogens (tertiary/aromatic N) is 1. The Morgan fingerprint density at radius 3 is 2.88 bits per heavy atom. The number of hydrogen-bond acceptors (Lipinski definition) is 3. The van der Waals surface area contributed by atoms with E-state index in [0.717, 1.165) is 25.0 Å². The van der Waals surface area contributed by atoms with Crippen LogP contribution in [-0.2, 0) is 10.8 Å². The summed E-state index contributed by atoms with van der Waals surface area (Å²) in [4.78, 5) is 12.4. The lowest BCUT2D eigenvalue weighted by Crippen LogP contribution is -2.32. The monoisotopic (exact) mass is 353 g/mol. The number of benzene rings is 1. The summed E-state index contributed by atoms with van der Waals surface area (Å²) in [5, 5.41) is 9.02. The van der Waals surface area contributed by atoms with Crippen LogP contribution in [0.15, 0.2) is 18.3 Å². The van der Waals surface area contributed by atoms with Gasteiger partial charge in [-0.3, -0.25) is 14.1 Å². The van der Waals surface area contributed by atoms with Gasteiger partial charge in [-0.25, -0.2) is 8.78 Å². The molecule has 128 valence electrons. The lowest BCUT2D eigenvalue weighted by Gasteiger charge is -2.11. The van der Waals surface area contributed by atoms with Crippen LogP contribution in [-0.4, -0.2) is 37.9 Å². The van der Waals surface area contributed by atoms with Gasteiger partial charge in [0, 0.05) is 28.7 Å². The highest BCUT2D eigenvalue weighted by atomic mass is 32.2. The van der Waals surface area contributed by atoms with Gasteiger partial charge in [-0.15, -0.1) is 0 Å². The number of aromatic amines is 1. The second-order valence-corrected chi connectivity index (χ2v) is 7.58. The van der Waals surface area contributed by atoms with Crippen LogP contribution in [0, 0.1) is 18.6 Å². The zero-order chi connectivity index (χ0) is 17.3. The van der Waals surface area contributed by atoms with Crippen molar-refractivity contribution in [3.05, 3.63) is 41.1 Å². The van der Waals surface area contributed by atoms with Crippen molar-refractivity contribution in [3.63, 3.8) is 0 Å². The molecular formula is C16H17F2N3O2S. The molecule has 1 aromatic carbocycles. The third-order valence-corrected chi connectivity index (χ3v) is 6.05. The predicted octanol–water partition coefficient (Wildman–Crippen LogP) is 2.30. The molecule has 2 N–H and O–H groups in total. The van der Waals surface area contributed by atoms with Crippen LogP contribution in [0.25, 0.3) is 11.3 Å². The number of hydrogen-bond donors (Lipinski definition) is 2. The van der Waals surface area contributed by atoms with Crippen LogP contribution < -0.4 is 5.32 Å². The molecule has 1 saturated heterocycles. The Kier molecular flexibility index (Phi) is 4.75. The number of H-pyrrole nitrogens is 1. The third-order valence-electron chi connectivity index (χ3n) is 4.22. The van der Waals surface area contributed by atoms with Crippen LogP contribution in [0.1, 0.15) is 28.8 Å². The van der Waals surface area contributed by atoms with Gasteiger partial charge in [0.25, 0.3) is 5.91 Å². The van der Waals surface area contributed by atoms with E-state index in [2.05, 4.69) is 15.5 Å². The molecule has 1 amide bonds. The zero-order valence-corrected chi connectivity index (χ0v) is 13.9. The van der Waals surface area contributed by atoms with Crippen LogP contribution in [0.4, 0.5) is 8.78 Å². The molecular weight excluding hydrogens is 336 g/mol. The van der Waals surface area contributed by atoms with Crippen LogP contribution in [0.2, 0.25) is 0 Å². The molecule has 0 aliphatic carbocycles. The smallest absolute Gasteiger partial charge is 0.255 e. The molecule has 8 heteroatoms. The molecule has 2 heterocycles. The van der Waals surface area contributed by atoms with Gasteiger partial charge >= 0.3 is 0 Å². The van der Waals surface area contributed by atoms with E-state index in [1.54, 1.807) is 0 Å². The molecule has 0 spiro atoms. The van der Waals surface area contributed by atoms with Crippen LogP contribution in [0.3, 0.4) is 0 Å². The van der Waals surface area contributed by atoms with Gasteiger partial charge in [0.2, 0.25) is 0 Å². The average molecular weight is 353 g/mol. The van der Waals surface area contributed by atoms with Crippen LogP contribution >= 0.6 is 0 Å². The summed E-state index contributed by atoms with van der Waals surface area (Å²) in [5.41, 5.74) is 0.355. The highest BCUT2D eigenvalue weighted by Gasteiger charge is 2.25. The van der Waals surface area contributed by atoms with Gasteiger partial charge in [-0.05, 0) is 37.5 Å². The molecule has 1 aliphatic rings. The van der Waals surface area contributed by atoms with Crippen molar-refractivity contribution in [3.8, 4) is 11.3 Å². The van der Waals surface area contributed by atoms with Gasteiger partial charge in [0.05, 0.1) is 22.7 Å². The number of carbonyl (C=O) groups excluding carboxylic acids is 1. The molecule has 5 nitrogen and oxygen atoms in total. The SMILES string of the molecule is Cc1c(F)ccc(F)c1-c1[nH]ncc1C(=O)NCC1CCCS1=O. The molecule has 3 rings (SSSR count). The zero-order valence-electron chi connectivity index (χ0n) is 13.1. The van der Waals surface area contributed by atoms with Crippen molar-refractivity contribution in [2.75, 3.05) is 12.3 Å². The number of rotatable bonds is 4. The fourth-order valence-corrected chi connectivity index (χ4v) is 4.34. The van der Waals surface area contributed by atoms with E-state index in [1.165, 1.54) is 13.1 Å². The summed E-state index contributed by atoms with van der Waals surface area (Å²) in [6.45, 7) is 1.73. The first-order valence-electron chi connectivity index (χ1n) is 7.62. The average Bonchev–Trinajstić information content (AvgIpc) is 3.18. The highest BCUT2D eigenvalue weighted by molar-refractivity contribution is 7.85. The molecule has 2 unspecified atom stereocenters. The van der Waals surface area contributed by atoms with E-state index >= 15 is 0 Å². The van der Waals surface area contributed by atoms with Crippen molar-refractivity contribution in [1.82, 2.24) is 15.5 Å². The minimum absolute atomic E-state index is 0.0120. The predicted molar refractivity (Wildman–Crippen MR) is 87.0 cm³/mol. The van der Waals surface area contributed by atoms with Gasteiger partial charge in [-0.2, -0.15) is 5.10 Å². The van der Waals surface area contributed by atoms with E-state index in [9.17, 15) is 17.8 Å². The van der Waals surface area contributed by atoms with Crippen molar-refractivity contribution >= 4 is 16.7 Å². The second-order valence-electron chi connectivity index (χ2n) is 5.75. The Balaban J connectivity index is 1.84. The lowest BCUT2D eigenvalue weighted by atomic mass is 10.0. The van der Waals surface area contributed by atoms with Crippen molar-refractivity contribution in [1.29, 1.82) is 0 Å².